The number of hydrogen-bond donors (Lipinski definition) is 2. The number of aryl methyl sites for hydroxylation is 1. The van der Waals surface area contributed by atoms with E-state index in [9.17, 15) is 0 Å². The highest BCUT2D eigenvalue weighted by molar-refractivity contribution is 6.35. The smallest absolute Gasteiger partial charge is 0.156 e. The summed E-state index contributed by atoms with van der Waals surface area (Å²) in [5.41, 5.74) is 3.71. The molecule has 0 radical (unpaired) electrons. The highest BCUT2D eigenvalue weighted by Crippen LogP contribution is 2.42. The Morgan fingerprint density at radius 3 is 2.83 bits per heavy atom. The fourth-order valence-corrected chi connectivity index (χ4v) is 4.25. The standard InChI is InChI=1S/C22H24ClN5O/c1-14-7-8-24-22-19(14)25-17-13-15-18(29-12-11-28-9-3-2-4-10-28)6-5-16(23)20(15)26-21(17)27-22/h5-8,13,25H,2-4,9-12H2,1H3,(H,24,26,27). The number of likely N-dealkylation sites (tertiary alicyclic amines) is 1. The van der Waals surface area contributed by atoms with E-state index in [0.29, 0.717) is 11.6 Å². The van der Waals surface area contributed by atoms with E-state index in [1.165, 1.54) is 32.4 Å². The first-order valence-electron chi connectivity index (χ1n) is 10.2. The third kappa shape index (κ3) is 3.58. The number of nitrogens with zero attached hydrogens (tertiary/aromatic N) is 3. The van der Waals surface area contributed by atoms with E-state index >= 15 is 0 Å². The lowest BCUT2D eigenvalue weighted by atomic mass is 10.1. The van der Waals surface area contributed by atoms with Crippen LogP contribution in [0.25, 0.3) is 10.9 Å². The van der Waals surface area contributed by atoms with Crippen molar-refractivity contribution in [3.8, 4) is 5.75 Å². The second-order valence-corrected chi connectivity index (χ2v) is 8.09. The van der Waals surface area contributed by atoms with Crippen LogP contribution in [0.1, 0.15) is 24.8 Å². The summed E-state index contributed by atoms with van der Waals surface area (Å²) < 4.78 is 6.16. The van der Waals surface area contributed by atoms with Crippen molar-refractivity contribution in [2.45, 2.75) is 26.2 Å². The molecule has 2 N–H and O–H groups in total. The third-order valence-electron chi connectivity index (χ3n) is 5.66. The predicted molar refractivity (Wildman–Crippen MR) is 118 cm³/mol. The molecule has 6 nitrogen and oxygen atoms in total. The van der Waals surface area contributed by atoms with Crippen LogP contribution in [0.3, 0.4) is 0 Å². The molecule has 0 amide bonds. The Labute approximate surface area is 175 Å². The van der Waals surface area contributed by atoms with Gasteiger partial charge in [0.25, 0.3) is 0 Å². The zero-order valence-corrected chi connectivity index (χ0v) is 17.2. The van der Waals surface area contributed by atoms with Gasteiger partial charge in [0.15, 0.2) is 11.6 Å². The SMILES string of the molecule is Cc1ccnc2c1Nc1cc3c(OCCN4CCCCC4)ccc(Cl)c3nc1N2. The Morgan fingerprint density at radius 2 is 1.97 bits per heavy atom. The topological polar surface area (TPSA) is 62.3 Å². The summed E-state index contributed by atoms with van der Waals surface area (Å²) in [7, 11) is 0. The fourth-order valence-electron chi connectivity index (χ4n) is 4.04. The molecular formula is C22H24ClN5O. The van der Waals surface area contributed by atoms with Gasteiger partial charge in [0.1, 0.15) is 12.4 Å². The van der Waals surface area contributed by atoms with Gasteiger partial charge in [-0.05, 0) is 62.7 Å². The number of rotatable bonds is 4. The van der Waals surface area contributed by atoms with Crippen molar-refractivity contribution in [2.24, 2.45) is 0 Å². The number of anilines is 4. The molecule has 0 saturated carbocycles. The Bertz CT molecular complexity index is 1060. The van der Waals surface area contributed by atoms with Gasteiger partial charge in [-0.1, -0.05) is 18.0 Å². The van der Waals surface area contributed by atoms with Crippen molar-refractivity contribution in [1.82, 2.24) is 14.9 Å². The van der Waals surface area contributed by atoms with Crippen molar-refractivity contribution >= 4 is 45.5 Å². The number of nitrogens with one attached hydrogen (secondary N) is 2. The first kappa shape index (κ1) is 18.5. The van der Waals surface area contributed by atoms with Crippen LogP contribution in [0.2, 0.25) is 5.02 Å². The number of fused-ring (bicyclic) bond motifs is 3. The Morgan fingerprint density at radius 1 is 1.10 bits per heavy atom. The van der Waals surface area contributed by atoms with Crippen LogP contribution in [-0.4, -0.2) is 41.1 Å². The lowest BCUT2D eigenvalue weighted by molar-refractivity contribution is 0.184. The van der Waals surface area contributed by atoms with Crippen molar-refractivity contribution in [3.63, 3.8) is 0 Å². The van der Waals surface area contributed by atoms with Gasteiger partial charge in [0, 0.05) is 18.1 Å². The summed E-state index contributed by atoms with van der Waals surface area (Å²) in [4.78, 5) is 11.6. The molecule has 0 bridgehead atoms. The average Bonchev–Trinajstić information content (AvgIpc) is 2.74. The van der Waals surface area contributed by atoms with Gasteiger partial charge < -0.3 is 15.4 Å². The summed E-state index contributed by atoms with van der Waals surface area (Å²) in [6, 6.07) is 7.83. The van der Waals surface area contributed by atoms with Gasteiger partial charge in [-0.25, -0.2) is 9.97 Å². The van der Waals surface area contributed by atoms with Crippen LogP contribution in [0, 0.1) is 6.92 Å². The van der Waals surface area contributed by atoms with Crippen LogP contribution in [0.5, 0.6) is 5.75 Å². The first-order valence-corrected chi connectivity index (χ1v) is 10.5. The second kappa shape index (κ2) is 7.69. The number of ether oxygens (including phenoxy) is 1. The maximum Gasteiger partial charge on any atom is 0.156 e. The van der Waals surface area contributed by atoms with E-state index in [4.69, 9.17) is 21.3 Å². The molecule has 0 spiro atoms. The van der Waals surface area contributed by atoms with Gasteiger partial charge in [-0.15, -0.1) is 0 Å². The maximum atomic E-state index is 6.46. The molecule has 7 heteroatoms. The summed E-state index contributed by atoms with van der Waals surface area (Å²) >= 11 is 6.46. The lowest BCUT2D eigenvalue weighted by Gasteiger charge is -2.26. The highest BCUT2D eigenvalue weighted by Gasteiger charge is 2.21. The van der Waals surface area contributed by atoms with E-state index < -0.39 is 0 Å². The molecule has 2 aliphatic rings. The van der Waals surface area contributed by atoms with Crippen LogP contribution < -0.4 is 15.4 Å². The van der Waals surface area contributed by atoms with E-state index in [2.05, 4.69) is 33.5 Å². The summed E-state index contributed by atoms with van der Waals surface area (Å²) in [6.45, 7) is 6.00. The van der Waals surface area contributed by atoms with Crippen LogP contribution in [0.15, 0.2) is 30.5 Å². The van der Waals surface area contributed by atoms with E-state index in [1.54, 1.807) is 6.20 Å². The molecule has 1 saturated heterocycles. The van der Waals surface area contributed by atoms with Gasteiger partial charge >= 0.3 is 0 Å². The van der Waals surface area contributed by atoms with Crippen molar-refractivity contribution < 1.29 is 4.74 Å². The number of aromatic nitrogens is 2. The van der Waals surface area contributed by atoms with Gasteiger partial charge in [-0.2, -0.15) is 0 Å². The molecule has 2 aromatic heterocycles. The molecule has 0 aliphatic carbocycles. The molecular weight excluding hydrogens is 386 g/mol. The number of piperidine rings is 1. The summed E-state index contributed by atoms with van der Waals surface area (Å²) in [5.74, 6) is 2.30. The van der Waals surface area contributed by atoms with Crippen molar-refractivity contribution in [2.75, 3.05) is 36.9 Å². The molecule has 5 rings (SSSR count). The zero-order chi connectivity index (χ0) is 19.8. The van der Waals surface area contributed by atoms with Gasteiger partial charge in [-0.3, -0.25) is 4.90 Å². The quantitative estimate of drug-likeness (QED) is 0.479. The molecule has 1 fully saturated rings. The Kier molecular flexibility index (Phi) is 4.89. The van der Waals surface area contributed by atoms with Crippen LogP contribution >= 0.6 is 11.6 Å². The molecule has 3 aromatic rings. The number of pyridine rings is 2. The minimum atomic E-state index is 0.607. The van der Waals surface area contributed by atoms with Crippen molar-refractivity contribution in [3.05, 3.63) is 41.0 Å². The number of benzene rings is 1. The van der Waals surface area contributed by atoms with E-state index in [1.807, 2.05) is 18.2 Å². The molecule has 1 aromatic carbocycles. The average molecular weight is 410 g/mol. The molecule has 0 atom stereocenters. The normalized spacial score (nSPS) is 15.9. The monoisotopic (exact) mass is 409 g/mol. The molecule has 0 unspecified atom stereocenters. The zero-order valence-electron chi connectivity index (χ0n) is 16.5. The minimum Gasteiger partial charge on any atom is -0.492 e. The van der Waals surface area contributed by atoms with E-state index in [0.717, 1.165) is 51.8 Å². The number of hydrogen-bond acceptors (Lipinski definition) is 6. The highest BCUT2D eigenvalue weighted by atomic mass is 35.5. The summed E-state index contributed by atoms with van der Waals surface area (Å²) in [6.07, 6.45) is 5.70. The van der Waals surface area contributed by atoms with E-state index in [-0.39, 0.29) is 0 Å². The predicted octanol–water partition coefficient (Wildman–Crippen LogP) is 5.26. The Balaban J connectivity index is 1.43. The number of halogens is 1. The molecule has 150 valence electrons. The summed E-state index contributed by atoms with van der Waals surface area (Å²) in [5, 5.41) is 8.30. The second-order valence-electron chi connectivity index (χ2n) is 7.68. The Hall–Kier alpha value is -2.57. The fraction of sp³-hybridized carbons (Fsp3) is 0.364. The molecule has 4 heterocycles. The first-order chi connectivity index (χ1) is 14.2. The largest absolute Gasteiger partial charge is 0.492 e. The van der Waals surface area contributed by atoms with Crippen LogP contribution in [-0.2, 0) is 0 Å². The van der Waals surface area contributed by atoms with Crippen molar-refractivity contribution in [1.29, 1.82) is 0 Å². The lowest BCUT2D eigenvalue weighted by Crippen LogP contribution is -2.33. The minimum absolute atomic E-state index is 0.607. The molecule has 2 aliphatic heterocycles. The van der Waals surface area contributed by atoms with Gasteiger partial charge in [0.2, 0.25) is 0 Å². The molecule has 29 heavy (non-hydrogen) atoms. The van der Waals surface area contributed by atoms with Crippen LogP contribution in [0.4, 0.5) is 23.0 Å². The third-order valence-corrected chi connectivity index (χ3v) is 5.97. The van der Waals surface area contributed by atoms with Gasteiger partial charge in [0.05, 0.1) is 21.9 Å². The maximum absolute atomic E-state index is 6.46.